The van der Waals surface area contributed by atoms with E-state index in [4.69, 9.17) is 19.5 Å². The molecule has 0 aliphatic carbocycles. The van der Waals surface area contributed by atoms with E-state index in [0.29, 0.717) is 37.9 Å². The van der Waals surface area contributed by atoms with Crippen LogP contribution in [0.5, 0.6) is 0 Å². The molecule has 8 nitrogen and oxygen atoms in total. The van der Waals surface area contributed by atoms with Crippen molar-refractivity contribution in [3.05, 3.63) is 0 Å². The molecule has 0 atom stereocenters. The zero-order valence-corrected chi connectivity index (χ0v) is 22.0. The molecule has 0 unspecified atom stereocenters. The maximum Gasteiger partial charge on any atom is 0.415 e. The van der Waals surface area contributed by atoms with Gasteiger partial charge in [-0.05, 0) is 54.4 Å². The van der Waals surface area contributed by atoms with E-state index < -0.39 is 28.8 Å². The monoisotopic (exact) mass is 464 g/mol. The number of nitrogens with zero attached hydrogens (tertiary/aromatic N) is 4. The third-order valence-corrected chi connectivity index (χ3v) is 5.68. The Bertz CT molecular complexity index is 697. The average molecular weight is 465 g/mol. The number of amides is 2. The van der Waals surface area contributed by atoms with Gasteiger partial charge in [0.2, 0.25) is 0 Å². The quantitative estimate of drug-likeness (QED) is 0.464. The van der Waals surface area contributed by atoms with Crippen LogP contribution in [0.2, 0.25) is 0 Å². The first-order valence-corrected chi connectivity index (χ1v) is 12.5. The number of unbranched alkanes of at least 4 members (excludes halogenated alkanes) is 2. The fraction of sp³-hybridized carbons (Fsp3) is 0.840. The minimum Gasteiger partial charge on any atom is -0.443 e. The number of amidine groups is 2. The van der Waals surface area contributed by atoms with Gasteiger partial charge in [0, 0.05) is 0 Å². The van der Waals surface area contributed by atoms with Crippen LogP contribution < -0.4 is 0 Å². The number of aliphatic imine (C=N–C) groups is 2. The molecular weight excluding hydrogens is 420 g/mol. The largest absolute Gasteiger partial charge is 0.443 e. The Morgan fingerprint density at radius 3 is 1.42 bits per heavy atom. The van der Waals surface area contributed by atoms with Gasteiger partial charge in [0.25, 0.3) is 0 Å². The molecule has 0 bridgehead atoms. The molecule has 0 aromatic rings. The van der Waals surface area contributed by atoms with Crippen molar-refractivity contribution in [1.82, 2.24) is 9.80 Å². The van der Waals surface area contributed by atoms with E-state index in [-0.39, 0.29) is 0 Å². The third-order valence-electron chi connectivity index (χ3n) is 5.68. The number of hydrogen-bond donors (Lipinski definition) is 0. The van der Waals surface area contributed by atoms with Crippen LogP contribution in [0.1, 0.15) is 93.9 Å². The zero-order chi connectivity index (χ0) is 24.9. The lowest BCUT2D eigenvalue weighted by Gasteiger charge is -2.40. The molecule has 0 aromatic carbocycles. The second kappa shape index (κ2) is 10.9. The Labute approximate surface area is 199 Å². The molecule has 8 heteroatoms. The van der Waals surface area contributed by atoms with Crippen molar-refractivity contribution < 1.29 is 19.1 Å². The summed E-state index contributed by atoms with van der Waals surface area (Å²) in [6.07, 6.45) is 4.61. The summed E-state index contributed by atoms with van der Waals surface area (Å²) in [5, 5.41) is 0. The van der Waals surface area contributed by atoms with Crippen LogP contribution in [-0.4, -0.2) is 71.0 Å². The number of rotatable bonds is 8. The molecule has 2 aliphatic heterocycles. The van der Waals surface area contributed by atoms with Crippen LogP contribution in [-0.2, 0) is 9.47 Å². The van der Waals surface area contributed by atoms with E-state index in [2.05, 4.69) is 13.8 Å². The molecule has 0 N–H and O–H groups in total. The van der Waals surface area contributed by atoms with Crippen LogP contribution in [0, 0.1) is 5.41 Å². The highest BCUT2D eigenvalue weighted by molar-refractivity contribution is 6.17. The van der Waals surface area contributed by atoms with E-state index in [1.165, 1.54) is 0 Å². The van der Waals surface area contributed by atoms with Gasteiger partial charge in [-0.15, -0.1) is 0 Å². The van der Waals surface area contributed by atoms with Gasteiger partial charge in [-0.1, -0.05) is 39.5 Å². The van der Waals surface area contributed by atoms with Crippen LogP contribution in [0.15, 0.2) is 9.98 Å². The van der Waals surface area contributed by atoms with E-state index in [1.54, 1.807) is 9.80 Å². The lowest BCUT2D eigenvalue weighted by molar-refractivity contribution is 0.0365. The number of hydrogen-bond acceptors (Lipinski definition) is 6. The van der Waals surface area contributed by atoms with E-state index >= 15 is 0 Å². The van der Waals surface area contributed by atoms with E-state index in [0.717, 1.165) is 38.5 Å². The van der Waals surface area contributed by atoms with Gasteiger partial charge < -0.3 is 9.47 Å². The highest BCUT2D eigenvalue weighted by Gasteiger charge is 2.50. The fourth-order valence-corrected chi connectivity index (χ4v) is 4.33. The SMILES string of the molecule is CCCCC(CCCC)(C1=NCCN1C(=O)OC(C)(C)C)C1=NCCN1C(=O)OC(C)(C)C. The Morgan fingerprint density at radius 1 is 0.758 bits per heavy atom. The number of carbonyl (C=O) groups is 2. The summed E-state index contributed by atoms with van der Waals surface area (Å²) in [5.74, 6) is 1.38. The molecule has 188 valence electrons. The van der Waals surface area contributed by atoms with Gasteiger partial charge in [0.1, 0.15) is 22.9 Å². The second-order valence-electron chi connectivity index (χ2n) is 11.0. The molecule has 33 heavy (non-hydrogen) atoms. The van der Waals surface area contributed by atoms with E-state index in [1.807, 2.05) is 41.5 Å². The Hall–Kier alpha value is -2.12. The molecule has 0 radical (unpaired) electrons. The molecule has 0 saturated carbocycles. The zero-order valence-electron chi connectivity index (χ0n) is 22.0. The summed E-state index contributed by atoms with van der Waals surface area (Å²) in [6, 6.07) is 0. The Balaban J connectivity index is 2.51. The number of carbonyl (C=O) groups excluding carboxylic acids is 2. The van der Waals surface area contributed by atoms with Gasteiger partial charge in [0.05, 0.1) is 31.6 Å². The fourth-order valence-electron chi connectivity index (χ4n) is 4.33. The van der Waals surface area contributed by atoms with Crippen molar-refractivity contribution in [3.8, 4) is 0 Å². The van der Waals surface area contributed by atoms with Crippen molar-refractivity contribution in [1.29, 1.82) is 0 Å². The maximum atomic E-state index is 13.2. The summed E-state index contributed by atoms with van der Waals surface area (Å²) < 4.78 is 11.4. The summed E-state index contributed by atoms with van der Waals surface area (Å²) in [5.41, 5.74) is -1.84. The van der Waals surface area contributed by atoms with Gasteiger partial charge >= 0.3 is 12.2 Å². The molecule has 2 amide bonds. The normalized spacial score (nSPS) is 17.2. The van der Waals surface area contributed by atoms with Gasteiger partial charge in [-0.3, -0.25) is 19.8 Å². The van der Waals surface area contributed by atoms with Gasteiger partial charge in [-0.2, -0.15) is 0 Å². The van der Waals surface area contributed by atoms with Crippen LogP contribution in [0.4, 0.5) is 9.59 Å². The minimum atomic E-state index is -0.632. The van der Waals surface area contributed by atoms with Crippen LogP contribution in [0.3, 0.4) is 0 Å². The highest BCUT2D eigenvalue weighted by atomic mass is 16.6. The summed E-state index contributed by atoms with van der Waals surface area (Å²) >= 11 is 0. The first-order chi connectivity index (χ1) is 15.3. The van der Waals surface area contributed by atoms with Crippen molar-refractivity contribution in [2.24, 2.45) is 15.4 Å². The second-order valence-corrected chi connectivity index (χ2v) is 11.0. The highest BCUT2D eigenvalue weighted by Crippen LogP contribution is 2.40. The van der Waals surface area contributed by atoms with Crippen molar-refractivity contribution in [3.63, 3.8) is 0 Å². The molecule has 0 fully saturated rings. The molecule has 0 spiro atoms. The lowest BCUT2D eigenvalue weighted by atomic mass is 9.74. The number of ether oxygens (including phenoxy) is 2. The topological polar surface area (TPSA) is 83.8 Å². The van der Waals surface area contributed by atoms with Crippen molar-refractivity contribution >= 4 is 23.9 Å². The molecule has 2 heterocycles. The first kappa shape index (κ1) is 27.1. The predicted molar refractivity (Wildman–Crippen MR) is 132 cm³/mol. The smallest absolute Gasteiger partial charge is 0.415 e. The molecule has 2 rings (SSSR count). The lowest BCUT2D eigenvalue weighted by Crippen LogP contribution is -2.55. The molecule has 0 aromatic heterocycles. The molecule has 2 aliphatic rings. The molecular formula is C25H44N4O4. The molecule has 0 saturated heterocycles. The summed E-state index contributed by atoms with van der Waals surface area (Å²) in [4.78, 5) is 39.3. The Morgan fingerprint density at radius 2 is 1.12 bits per heavy atom. The van der Waals surface area contributed by atoms with Gasteiger partial charge in [-0.25, -0.2) is 9.59 Å². The average Bonchev–Trinajstić information content (AvgIpc) is 3.36. The summed E-state index contributed by atoms with van der Waals surface area (Å²) in [6.45, 7) is 17.5. The minimum absolute atomic E-state index is 0.390. The van der Waals surface area contributed by atoms with Crippen LogP contribution >= 0.6 is 0 Å². The van der Waals surface area contributed by atoms with Crippen molar-refractivity contribution in [2.75, 3.05) is 26.2 Å². The van der Waals surface area contributed by atoms with Crippen molar-refractivity contribution in [2.45, 2.75) is 105 Å². The first-order valence-electron chi connectivity index (χ1n) is 12.5. The standard InChI is InChI=1S/C25H44N4O4/c1-9-11-13-25(14-12-10-2,19-26-15-17-28(19)21(30)32-23(3,4)5)20-27-16-18-29(20)22(31)33-24(6,7)8/h9-18H2,1-8H3. The maximum absolute atomic E-state index is 13.2. The predicted octanol–water partition coefficient (Wildman–Crippen LogP) is 5.65. The van der Waals surface area contributed by atoms with Crippen LogP contribution in [0.25, 0.3) is 0 Å². The third kappa shape index (κ3) is 6.93. The van der Waals surface area contributed by atoms with E-state index in [9.17, 15) is 9.59 Å². The van der Waals surface area contributed by atoms with Gasteiger partial charge in [0.15, 0.2) is 0 Å². The summed E-state index contributed by atoms with van der Waals surface area (Å²) in [7, 11) is 0. The Kier molecular flexibility index (Phi) is 8.94.